The van der Waals surface area contributed by atoms with E-state index >= 15 is 0 Å². The molecule has 0 fully saturated rings. The molecule has 0 aliphatic rings. The van der Waals surface area contributed by atoms with Gasteiger partial charge >= 0.3 is 0 Å². The van der Waals surface area contributed by atoms with Crippen molar-refractivity contribution >= 4 is 21.8 Å². The summed E-state index contributed by atoms with van der Waals surface area (Å²) in [6.45, 7) is 1.76. The molecule has 4 aromatic rings. The molecule has 0 amide bonds. The Kier molecular flexibility index (Phi) is 3.54. The van der Waals surface area contributed by atoms with Gasteiger partial charge in [0.25, 0.3) is 0 Å². The van der Waals surface area contributed by atoms with Crippen LogP contribution in [0.2, 0.25) is 0 Å². The summed E-state index contributed by atoms with van der Waals surface area (Å²) < 4.78 is 22.7. The van der Waals surface area contributed by atoms with Gasteiger partial charge in [0.2, 0.25) is 11.8 Å². The lowest BCUT2D eigenvalue weighted by molar-refractivity contribution is 0.533. The highest BCUT2D eigenvalue weighted by molar-refractivity contribution is 7.84. The lowest BCUT2D eigenvalue weighted by Crippen LogP contribution is -1.86. The number of hydrogen-bond donors (Lipinski definition) is 0. The largest absolute Gasteiger partial charge is 0.464 e. The van der Waals surface area contributed by atoms with E-state index in [1.807, 2.05) is 42.5 Å². The van der Waals surface area contributed by atoms with Gasteiger partial charge in [-0.05, 0) is 35.9 Å². The van der Waals surface area contributed by atoms with Gasteiger partial charge in [-0.25, -0.2) is 0 Å². The average molecular weight is 337 g/mol. The molecule has 0 saturated heterocycles. The monoisotopic (exact) mass is 337 g/mol. The van der Waals surface area contributed by atoms with Gasteiger partial charge in [-0.15, -0.1) is 10.2 Å². The molecule has 0 bridgehead atoms. The zero-order valence-corrected chi connectivity index (χ0v) is 14.0. The summed E-state index contributed by atoms with van der Waals surface area (Å²) in [4.78, 5) is 0.800. The zero-order chi connectivity index (χ0) is 16.7. The Morgan fingerprint density at radius 3 is 2.42 bits per heavy atom. The molecule has 5 nitrogen and oxygen atoms in total. The van der Waals surface area contributed by atoms with Crippen molar-refractivity contribution in [1.82, 2.24) is 10.2 Å². The molecule has 0 aliphatic heterocycles. The van der Waals surface area contributed by atoms with Crippen LogP contribution in [-0.4, -0.2) is 20.7 Å². The predicted octanol–water partition coefficient (Wildman–Crippen LogP) is 4.20. The highest BCUT2D eigenvalue weighted by Crippen LogP contribution is 2.33. The summed E-state index contributed by atoms with van der Waals surface area (Å²) in [5, 5.41) is 8.89. The Morgan fingerprint density at radius 2 is 1.75 bits per heavy atom. The second-order valence-corrected chi connectivity index (χ2v) is 6.84. The molecule has 2 aromatic heterocycles. The normalized spacial score (nSPS) is 12.6. The quantitative estimate of drug-likeness (QED) is 0.560. The highest BCUT2D eigenvalue weighted by atomic mass is 32.2. The van der Waals surface area contributed by atoms with Gasteiger partial charge < -0.3 is 8.83 Å². The van der Waals surface area contributed by atoms with E-state index in [4.69, 9.17) is 8.83 Å². The Balaban J connectivity index is 1.82. The minimum atomic E-state index is -0.988. The number of aryl methyl sites for hydroxylation is 1. The van der Waals surface area contributed by atoms with Gasteiger partial charge in [0, 0.05) is 45.4 Å². The lowest BCUT2D eigenvalue weighted by Gasteiger charge is -2.02. The van der Waals surface area contributed by atoms with Crippen LogP contribution in [-0.2, 0) is 10.8 Å². The third kappa shape index (κ3) is 2.55. The van der Waals surface area contributed by atoms with E-state index in [2.05, 4.69) is 10.2 Å². The van der Waals surface area contributed by atoms with Crippen molar-refractivity contribution in [2.45, 2.75) is 11.8 Å². The molecule has 2 aromatic carbocycles. The minimum absolute atomic E-state index is 0.485. The number of fused-ring (bicyclic) bond motifs is 1. The summed E-state index contributed by atoms with van der Waals surface area (Å²) in [6.07, 6.45) is 3.40. The summed E-state index contributed by atoms with van der Waals surface area (Å²) in [7, 11) is -0.988. The van der Waals surface area contributed by atoms with Gasteiger partial charge in [-0.1, -0.05) is 12.1 Å². The lowest BCUT2D eigenvalue weighted by atomic mass is 10.0. The number of furan rings is 1. The highest BCUT2D eigenvalue weighted by Gasteiger charge is 2.12. The van der Waals surface area contributed by atoms with Crippen LogP contribution in [0.4, 0.5) is 0 Å². The third-order valence-electron chi connectivity index (χ3n) is 3.84. The van der Waals surface area contributed by atoms with Crippen molar-refractivity contribution in [2.24, 2.45) is 0 Å². The molecular weight excluding hydrogens is 323 g/mol. The van der Waals surface area contributed by atoms with Crippen LogP contribution >= 0.6 is 0 Å². The molecule has 0 saturated carbocycles. The SMILES string of the molecule is Cc1nnc(-c2ccc3occ(-c4ccc(S([11CH3])=O)cc4)c3c2)o1. The van der Waals surface area contributed by atoms with Crippen LogP contribution < -0.4 is 0 Å². The Morgan fingerprint density at radius 1 is 1.00 bits per heavy atom. The number of hydrogen-bond acceptors (Lipinski definition) is 5. The molecular formula is C18H14N2O3S. The van der Waals surface area contributed by atoms with Crippen molar-refractivity contribution in [1.29, 1.82) is 0 Å². The minimum Gasteiger partial charge on any atom is -0.464 e. The first-order valence-corrected chi connectivity index (χ1v) is 8.93. The maximum Gasteiger partial charge on any atom is 0.247 e. The number of rotatable bonds is 3. The smallest absolute Gasteiger partial charge is 0.247 e. The maximum absolute atomic E-state index is 11.5. The molecule has 0 radical (unpaired) electrons. The summed E-state index contributed by atoms with van der Waals surface area (Å²) in [6, 6.07) is 13.4. The molecule has 6 heteroatoms. The molecule has 120 valence electrons. The first kappa shape index (κ1) is 14.8. The van der Waals surface area contributed by atoms with E-state index < -0.39 is 10.8 Å². The van der Waals surface area contributed by atoms with Crippen LogP contribution in [0.3, 0.4) is 0 Å². The van der Waals surface area contributed by atoms with Crippen LogP contribution in [0.5, 0.6) is 0 Å². The van der Waals surface area contributed by atoms with E-state index in [-0.39, 0.29) is 0 Å². The first-order chi connectivity index (χ1) is 11.6. The van der Waals surface area contributed by atoms with Crippen molar-refractivity contribution in [3.05, 3.63) is 54.6 Å². The molecule has 24 heavy (non-hydrogen) atoms. The summed E-state index contributed by atoms with van der Waals surface area (Å²) >= 11 is 0. The van der Waals surface area contributed by atoms with E-state index in [0.717, 1.165) is 32.6 Å². The van der Waals surface area contributed by atoms with Crippen LogP contribution in [0.1, 0.15) is 5.89 Å². The van der Waals surface area contributed by atoms with Crippen LogP contribution in [0.15, 0.2) is 62.5 Å². The van der Waals surface area contributed by atoms with E-state index in [9.17, 15) is 4.21 Å². The fraction of sp³-hybridized carbons (Fsp3) is 0.111. The van der Waals surface area contributed by atoms with E-state index in [1.54, 1.807) is 19.4 Å². The second kappa shape index (κ2) is 5.72. The molecule has 4 rings (SSSR count). The van der Waals surface area contributed by atoms with Gasteiger partial charge in [0.05, 0.1) is 6.26 Å². The fourth-order valence-electron chi connectivity index (χ4n) is 2.63. The van der Waals surface area contributed by atoms with Crippen molar-refractivity contribution in [2.75, 3.05) is 6.26 Å². The predicted molar refractivity (Wildman–Crippen MR) is 92.0 cm³/mol. The zero-order valence-electron chi connectivity index (χ0n) is 13.1. The molecule has 0 aliphatic carbocycles. The average Bonchev–Trinajstić information content (AvgIpc) is 3.20. The Labute approximate surface area is 140 Å². The number of benzene rings is 2. The summed E-state index contributed by atoms with van der Waals surface area (Å²) in [5.41, 5.74) is 3.60. The first-order valence-electron chi connectivity index (χ1n) is 7.37. The van der Waals surface area contributed by atoms with Gasteiger partial charge in [-0.3, -0.25) is 4.21 Å². The van der Waals surface area contributed by atoms with Crippen LogP contribution in [0, 0.1) is 6.92 Å². The number of nitrogens with zero attached hydrogens (tertiary/aromatic N) is 2. The van der Waals surface area contributed by atoms with Gasteiger partial charge in [-0.2, -0.15) is 0 Å². The van der Waals surface area contributed by atoms with Crippen molar-refractivity contribution in [3.8, 4) is 22.6 Å². The standard InChI is InChI=1S/C18H14N2O3S/c1-11-19-20-18(23-11)13-5-8-17-15(9-13)16(10-22-17)12-3-6-14(7-4-12)24(2)21/h3-10H,1-2H3/i2-1. The Bertz CT molecular complexity index is 1050. The fourth-order valence-corrected chi connectivity index (χ4v) is 3.14. The topological polar surface area (TPSA) is 69.1 Å². The molecule has 1 atom stereocenters. The van der Waals surface area contributed by atoms with E-state index in [0.29, 0.717) is 11.8 Å². The van der Waals surface area contributed by atoms with Gasteiger partial charge in [0.15, 0.2) is 0 Å². The van der Waals surface area contributed by atoms with Crippen LogP contribution in [0.25, 0.3) is 33.6 Å². The summed E-state index contributed by atoms with van der Waals surface area (Å²) in [5.74, 6) is 1.01. The second-order valence-electron chi connectivity index (χ2n) is 5.47. The van der Waals surface area contributed by atoms with E-state index in [1.165, 1.54) is 0 Å². The Hall–Kier alpha value is -2.73. The molecule has 2 heterocycles. The number of aromatic nitrogens is 2. The molecule has 0 N–H and O–H groups in total. The van der Waals surface area contributed by atoms with Gasteiger partial charge in [0.1, 0.15) is 5.58 Å². The maximum atomic E-state index is 11.5. The molecule has 1 unspecified atom stereocenters. The van der Waals surface area contributed by atoms with Crippen molar-refractivity contribution in [3.63, 3.8) is 0 Å². The van der Waals surface area contributed by atoms with Crippen molar-refractivity contribution < 1.29 is 13.0 Å². The third-order valence-corrected chi connectivity index (χ3v) is 4.78. The molecule has 0 spiro atoms.